The van der Waals surface area contributed by atoms with Gasteiger partial charge in [-0.3, -0.25) is 4.79 Å². The van der Waals surface area contributed by atoms with Gasteiger partial charge in [-0.05, 0) is 31.2 Å². The maximum absolute atomic E-state index is 12.9. The van der Waals surface area contributed by atoms with Gasteiger partial charge in [-0.25, -0.2) is 4.39 Å². The summed E-state index contributed by atoms with van der Waals surface area (Å²) < 4.78 is 12.9. The third-order valence-electron chi connectivity index (χ3n) is 2.26. The second-order valence-electron chi connectivity index (χ2n) is 3.57. The molecule has 0 aliphatic rings. The SMILES string of the molecule is CC(N)C(=O)c1cc2cc(F)ccc2[nH]1. The van der Waals surface area contributed by atoms with Crippen molar-refractivity contribution in [1.82, 2.24) is 4.98 Å². The Bertz CT molecular complexity index is 516. The number of nitrogens with two attached hydrogens (primary N) is 1. The lowest BCUT2D eigenvalue weighted by atomic mass is 10.1. The molecule has 0 aliphatic carbocycles. The number of halogens is 1. The Kier molecular flexibility index (Phi) is 2.28. The smallest absolute Gasteiger partial charge is 0.195 e. The molecule has 0 saturated heterocycles. The Morgan fingerprint density at radius 3 is 2.87 bits per heavy atom. The van der Waals surface area contributed by atoms with Crippen molar-refractivity contribution in [1.29, 1.82) is 0 Å². The van der Waals surface area contributed by atoms with Crippen molar-refractivity contribution in [2.24, 2.45) is 5.73 Å². The van der Waals surface area contributed by atoms with E-state index in [9.17, 15) is 9.18 Å². The maximum Gasteiger partial charge on any atom is 0.195 e. The molecular weight excluding hydrogens is 195 g/mol. The molecule has 1 atom stereocenters. The zero-order valence-electron chi connectivity index (χ0n) is 8.25. The van der Waals surface area contributed by atoms with Crippen molar-refractivity contribution >= 4 is 16.7 Å². The summed E-state index contributed by atoms with van der Waals surface area (Å²) in [5.41, 5.74) is 6.63. The monoisotopic (exact) mass is 206 g/mol. The van der Waals surface area contributed by atoms with Crippen molar-refractivity contribution < 1.29 is 9.18 Å². The molecule has 0 radical (unpaired) electrons. The van der Waals surface area contributed by atoms with E-state index in [1.807, 2.05) is 0 Å². The molecule has 0 bridgehead atoms. The highest BCUT2D eigenvalue weighted by molar-refractivity contribution is 6.02. The summed E-state index contributed by atoms with van der Waals surface area (Å²) in [4.78, 5) is 14.5. The quantitative estimate of drug-likeness (QED) is 0.736. The fourth-order valence-corrected chi connectivity index (χ4v) is 1.48. The molecule has 0 spiro atoms. The first kappa shape index (κ1) is 9.86. The normalized spacial score (nSPS) is 13.0. The number of nitrogens with one attached hydrogen (secondary N) is 1. The summed E-state index contributed by atoms with van der Waals surface area (Å²) in [5.74, 6) is -0.493. The minimum atomic E-state index is -0.553. The Morgan fingerprint density at radius 2 is 2.20 bits per heavy atom. The van der Waals surface area contributed by atoms with Gasteiger partial charge in [0.05, 0.1) is 11.7 Å². The predicted octanol–water partition coefficient (Wildman–Crippen LogP) is 1.84. The van der Waals surface area contributed by atoms with Crippen LogP contribution in [0.15, 0.2) is 24.3 Å². The topological polar surface area (TPSA) is 58.9 Å². The van der Waals surface area contributed by atoms with Crippen LogP contribution in [-0.4, -0.2) is 16.8 Å². The Morgan fingerprint density at radius 1 is 1.47 bits per heavy atom. The third kappa shape index (κ3) is 1.76. The van der Waals surface area contributed by atoms with E-state index in [-0.39, 0.29) is 11.6 Å². The van der Waals surface area contributed by atoms with E-state index in [1.165, 1.54) is 12.1 Å². The van der Waals surface area contributed by atoms with Crippen LogP contribution in [-0.2, 0) is 0 Å². The second-order valence-corrected chi connectivity index (χ2v) is 3.57. The molecule has 15 heavy (non-hydrogen) atoms. The van der Waals surface area contributed by atoms with Crippen LogP contribution in [0.1, 0.15) is 17.4 Å². The molecule has 2 aromatic rings. The first-order valence-electron chi connectivity index (χ1n) is 4.66. The average Bonchev–Trinajstić information content (AvgIpc) is 2.58. The number of ketones is 1. The van der Waals surface area contributed by atoms with Gasteiger partial charge in [0.25, 0.3) is 0 Å². The number of rotatable bonds is 2. The number of fused-ring (bicyclic) bond motifs is 1. The van der Waals surface area contributed by atoms with Gasteiger partial charge in [-0.2, -0.15) is 0 Å². The maximum atomic E-state index is 12.9. The minimum Gasteiger partial charge on any atom is -0.352 e. The summed E-state index contributed by atoms with van der Waals surface area (Å²) in [6, 6.07) is 5.39. The molecule has 1 aromatic carbocycles. The lowest BCUT2D eigenvalue weighted by Gasteiger charge is -1.99. The molecule has 78 valence electrons. The fraction of sp³-hybridized carbons (Fsp3) is 0.182. The molecule has 1 unspecified atom stereocenters. The molecule has 3 nitrogen and oxygen atoms in total. The van der Waals surface area contributed by atoms with E-state index in [4.69, 9.17) is 5.73 Å². The van der Waals surface area contributed by atoms with E-state index in [2.05, 4.69) is 4.98 Å². The number of aromatic nitrogens is 1. The Labute approximate surface area is 86.1 Å². The summed E-state index contributed by atoms with van der Waals surface area (Å²) in [6.45, 7) is 1.62. The van der Waals surface area contributed by atoms with Crippen molar-refractivity contribution in [3.63, 3.8) is 0 Å². The number of Topliss-reactive ketones (excluding diaryl/α,β-unsaturated/α-hetero) is 1. The van der Waals surface area contributed by atoms with Gasteiger partial charge in [-0.1, -0.05) is 0 Å². The van der Waals surface area contributed by atoms with E-state index in [0.717, 1.165) is 5.52 Å². The van der Waals surface area contributed by atoms with Gasteiger partial charge in [0.2, 0.25) is 0 Å². The van der Waals surface area contributed by atoms with Gasteiger partial charge >= 0.3 is 0 Å². The third-order valence-corrected chi connectivity index (χ3v) is 2.26. The van der Waals surface area contributed by atoms with Crippen molar-refractivity contribution in [3.8, 4) is 0 Å². The largest absolute Gasteiger partial charge is 0.352 e. The standard InChI is InChI=1S/C11H11FN2O/c1-6(13)11(15)10-5-7-4-8(12)2-3-9(7)14-10/h2-6,14H,13H2,1H3. The van der Waals surface area contributed by atoms with E-state index in [1.54, 1.807) is 19.1 Å². The van der Waals surface area contributed by atoms with Crippen LogP contribution in [0.4, 0.5) is 4.39 Å². The van der Waals surface area contributed by atoms with E-state index < -0.39 is 6.04 Å². The molecule has 0 aliphatic heterocycles. The zero-order chi connectivity index (χ0) is 11.0. The highest BCUT2D eigenvalue weighted by atomic mass is 19.1. The van der Waals surface area contributed by atoms with Crippen LogP contribution in [0.25, 0.3) is 10.9 Å². The summed E-state index contributed by atoms with van der Waals surface area (Å²) >= 11 is 0. The highest BCUT2D eigenvalue weighted by Gasteiger charge is 2.13. The zero-order valence-corrected chi connectivity index (χ0v) is 8.25. The first-order valence-corrected chi connectivity index (χ1v) is 4.66. The number of H-pyrrole nitrogens is 1. The number of hydrogen-bond donors (Lipinski definition) is 2. The molecule has 0 fully saturated rings. The lowest BCUT2D eigenvalue weighted by Crippen LogP contribution is -2.26. The molecular formula is C11H11FN2O. The Balaban J connectivity index is 2.52. The number of hydrogen-bond acceptors (Lipinski definition) is 2. The van der Waals surface area contributed by atoms with Gasteiger partial charge in [-0.15, -0.1) is 0 Å². The van der Waals surface area contributed by atoms with Crippen LogP contribution < -0.4 is 5.73 Å². The number of aromatic amines is 1. The summed E-state index contributed by atoms with van der Waals surface area (Å²) in [6.07, 6.45) is 0. The van der Waals surface area contributed by atoms with Crippen LogP contribution in [0.3, 0.4) is 0 Å². The van der Waals surface area contributed by atoms with Crippen LogP contribution in [0.5, 0.6) is 0 Å². The van der Waals surface area contributed by atoms with Crippen molar-refractivity contribution in [3.05, 3.63) is 35.8 Å². The molecule has 4 heteroatoms. The van der Waals surface area contributed by atoms with Crippen LogP contribution in [0, 0.1) is 5.82 Å². The van der Waals surface area contributed by atoms with Crippen LogP contribution >= 0.6 is 0 Å². The van der Waals surface area contributed by atoms with Gasteiger partial charge in [0, 0.05) is 10.9 Å². The lowest BCUT2D eigenvalue weighted by molar-refractivity contribution is 0.0964. The van der Waals surface area contributed by atoms with E-state index >= 15 is 0 Å². The molecule has 1 aromatic heterocycles. The van der Waals surface area contributed by atoms with Gasteiger partial charge in [0.15, 0.2) is 5.78 Å². The molecule has 0 amide bonds. The van der Waals surface area contributed by atoms with E-state index in [0.29, 0.717) is 11.1 Å². The molecule has 2 rings (SSSR count). The fourth-order valence-electron chi connectivity index (χ4n) is 1.48. The number of carbonyl (C=O) groups excluding carboxylic acids is 1. The van der Waals surface area contributed by atoms with Gasteiger partial charge in [0.1, 0.15) is 5.82 Å². The summed E-state index contributed by atoms with van der Waals surface area (Å²) in [5, 5.41) is 0.680. The van der Waals surface area contributed by atoms with Crippen molar-refractivity contribution in [2.45, 2.75) is 13.0 Å². The number of carbonyl (C=O) groups is 1. The second kappa shape index (κ2) is 3.47. The van der Waals surface area contributed by atoms with Gasteiger partial charge < -0.3 is 10.7 Å². The predicted molar refractivity (Wildman–Crippen MR) is 56.2 cm³/mol. The van der Waals surface area contributed by atoms with Crippen molar-refractivity contribution in [2.75, 3.05) is 0 Å². The molecule has 3 N–H and O–H groups in total. The molecule has 1 heterocycles. The molecule has 0 saturated carbocycles. The highest BCUT2D eigenvalue weighted by Crippen LogP contribution is 2.17. The first-order chi connectivity index (χ1) is 7.08. The summed E-state index contributed by atoms with van der Waals surface area (Å²) in [7, 11) is 0. The van der Waals surface area contributed by atoms with Crippen LogP contribution in [0.2, 0.25) is 0 Å². The number of benzene rings is 1. The Hall–Kier alpha value is -1.68. The minimum absolute atomic E-state index is 0.174. The average molecular weight is 206 g/mol.